The number of hydrogen-bond acceptors (Lipinski definition) is 4. The average molecular weight is 399 g/mol. The fraction of sp³-hybridized carbons (Fsp3) is 0.611. The van der Waals surface area contributed by atoms with E-state index in [2.05, 4.69) is 26.1 Å². The van der Waals surface area contributed by atoms with Crippen molar-refractivity contribution in [3.8, 4) is 5.75 Å². The van der Waals surface area contributed by atoms with E-state index in [1.807, 2.05) is 39.0 Å². The highest BCUT2D eigenvalue weighted by Gasteiger charge is 2.24. The average Bonchev–Trinajstić information content (AvgIpc) is 2.49. The molecule has 134 valence electrons. The highest BCUT2D eigenvalue weighted by atomic mass is 79.9. The number of nitrogens with zero attached hydrogens (tertiary/aromatic N) is 1. The second kappa shape index (κ2) is 8.21. The number of nitrogens with one attached hydrogen (secondary N) is 1. The number of likely N-dealkylation sites (tertiary alicyclic amines) is 1. The molecule has 0 atom stereocenters. The first kappa shape index (κ1) is 19.1. The maximum absolute atomic E-state index is 11.9. The monoisotopic (exact) mass is 398 g/mol. The maximum atomic E-state index is 11.9. The van der Waals surface area contributed by atoms with Gasteiger partial charge in [0.05, 0.1) is 7.11 Å². The van der Waals surface area contributed by atoms with E-state index in [0.717, 1.165) is 42.7 Å². The Labute approximate surface area is 152 Å². The summed E-state index contributed by atoms with van der Waals surface area (Å²) in [4.78, 5) is 14.2. The van der Waals surface area contributed by atoms with E-state index >= 15 is 0 Å². The van der Waals surface area contributed by atoms with Crippen LogP contribution in [0.2, 0.25) is 0 Å². The quantitative estimate of drug-likeness (QED) is 0.833. The van der Waals surface area contributed by atoms with Crippen LogP contribution in [0.4, 0.5) is 4.79 Å². The fourth-order valence-corrected chi connectivity index (χ4v) is 3.29. The van der Waals surface area contributed by atoms with E-state index < -0.39 is 5.60 Å². The third kappa shape index (κ3) is 5.67. The Morgan fingerprint density at radius 1 is 1.33 bits per heavy atom. The molecule has 1 fully saturated rings. The predicted octanol–water partition coefficient (Wildman–Crippen LogP) is 3.95. The van der Waals surface area contributed by atoms with E-state index in [9.17, 15) is 4.79 Å². The molecule has 24 heavy (non-hydrogen) atoms. The van der Waals surface area contributed by atoms with E-state index in [-0.39, 0.29) is 12.1 Å². The fourth-order valence-electron chi connectivity index (χ4n) is 2.82. The number of piperidine rings is 1. The summed E-state index contributed by atoms with van der Waals surface area (Å²) >= 11 is 3.61. The number of methoxy groups -OCH3 is 1. The van der Waals surface area contributed by atoms with Crippen molar-refractivity contribution in [2.45, 2.75) is 51.8 Å². The summed E-state index contributed by atoms with van der Waals surface area (Å²) in [6.07, 6.45) is 1.52. The minimum atomic E-state index is -0.457. The summed E-state index contributed by atoms with van der Waals surface area (Å²) in [7, 11) is 1.70. The van der Waals surface area contributed by atoms with E-state index in [1.54, 1.807) is 7.11 Å². The molecule has 0 saturated carbocycles. The second-order valence-electron chi connectivity index (χ2n) is 7.12. The first-order chi connectivity index (χ1) is 11.3. The molecule has 1 aliphatic rings. The first-order valence-electron chi connectivity index (χ1n) is 8.32. The molecule has 6 heteroatoms. The van der Waals surface area contributed by atoms with Crippen LogP contribution >= 0.6 is 15.9 Å². The maximum Gasteiger partial charge on any atom is 0.407 e. The van der Waals surface area contributed by atoms with Gasteiger partial charge in [0.25, 0.3) is 0 Å². The van der Waals surface area contributed by atoms with Gasteiger partial charge in [-0.3, -0.25) is 4.90 Å². The Hall–Kier alpha value is -1.27. The van der Waals surface area contributed by atoms with Crippen molar-refractivity contribution < 1.29 is 14.3 Å². The number of hydrogen-bond donors (Lipinski definition) is 1. The van der Waals surface area contributed by atoms with Crippen LogP contribution in [0.3, 0.4) is 0 Å². The molecule has 1 amide bonds. The lowest BCUT2D eigenvalue weighted by Gasteiger charge is -2.33. The lowest BCUT2D eigenvalue weighted by atomic mass is 10.0. The van der Waals surface area contributed by atoms with Gasteiger partial charge < -0.3 is 14.8 Å². The second-order valence-corrected chi connectivity index (χ2v) is 7.97. The van der Waals surface area contributed by atoms with Gasteiger partial charge in [0.2, 0.25) is 0 Å². The molecule has 5 nitrogen and oxygen atoms in total. The molecule has 1 heterocycles. The summed E-state index contributed by atoms with van der Waals surface area (Å²) in [6, 6.07) is 6.17. The van der Waals surface area contributed by atoms with E-state index in [1.165, 1.54) is 5.56 Å². The zero-order valence-corrected chi connectivity index (χ0v) is 16.5. The number of rotatable bonds is 4. The summed E-state index contributed by atoms with van der Waals surface area (Å²) in [5.74, 6) is 0.901. The first-order valence-corrected chi connectivity index (χ1v) is 9.11. The van der Waals surface area contributed by atoms with Crippen LogP contribution in [-0.2, 0) is 11.3 Å². The van der Waals surface area contributed by atoms with Crippen LogP contribution in [-0.4, -0.2) is 42.8 Å². The number of carbonyl (C=O) groups is 1. The van der Waals surface area contributed by atoms with Crippen molar-refractivity contribution in [3.05, 3.63) is 28.2 Å². The Bertz CT molecular complexity index is 564. The number of alkyl carbamates (subject to hydrolysis) is 1. The molecule has 0 aliphatic carbocycles. The van der Waals surface area contributed by atoms with Crippen LogP contribution in [0.1, 0.15) is 39.2 Å². The van der Waals surface area contributed by atoms with Gasteiger partial charge in [-0.25, -0.2) is 4.79 Å². The van der Waals surface area contributed by atoms with Crippen LogP contribution < -0.4 is 10.1 Å². The zero-order chi connectivity index (χ0) is 17.7. The highest BCUT2D eigenvalue weighted by Crippen LogP contribution is 2.28. The van der Waals surface area contributed by atoms with Gasteiger partial charge in [-0.1, -0.05) is 22.0 Å². The molecule has 0 bridgehead atoms. The Balaban J connectivity index is 1.84. The van der Waals surface area contributed by atoms with Crippen LogP contribution in [0, 0.1) is 0 Å². The van der Waals surface area contributed by atoms with Gasteiger partial charge in [-0.15, -0.1) is 0 Å². The number of ether oxygens (including phenoxy) is 2. The van der Waals surface area contributed by atoms with Gasteiger partial charge in [0.15, 0.2) is 0 Å². The number of benzene rings is 1. The van der Waals surface area contributed by atoms with Gasteiger partial charge in [-0.05, 0) is 45.7 Å². The minimum Gasteiger partial charge on any atom is -0.496 e. The van der Waals surface area contributed by atoms with Crippen molar-refractivity contribution in [1.82, 2.24) is 10.2 Å². The van der Waals surface area contributed by atoms with Gasteiger partial charge in [0.1, 0.15) is 11.4 Å². The van der Waals surface area contributed by atoms with Crippen molar-refractivity contribution in [3.63, 3.8) is 0 Å². The molecule has 1 aromatic rings. The molecule has 0 unspecified atom stereocenters. The predicted molar refractivity (Wildman–Crippen MR) is 98.4 cm³/mol. The van der Waals surface area contributed by atoms with E-state index in [0.29, 0.717) is 0 Å². The molecule has 1 aromatic carbocycles. The van der Waals surface area contributed by atoms with Crippen LogP contribution in [0.5, 0.6) is 5.75 Å². The summed E-state index contributed by atoms with van der Waals surface area (Å²) in [5.41, 5.74) is 0.708. The molecule has 0 radical (unpaired) electrons. The largest absolute Gasteiger partial charge is 0.496 e. The Kier molecular flexibility index (Phi) is 6.52. The van der Waals surface area contributed by atoms with Gasteiger partial charge >= 0.3 is 6.09 Å². The SMILES string of the molecule is COc1cccc(Br)c1CN1CCC(NC(=O)OC(C)(C)C)CC1. The summed E-state index contributed by atoms with van der Waals surface area (Å²) < 4.78 is 11.8. The highest BCUT2D eigenvalue weighted by molar-refractivity contribution is 9.10. The van der Waals surface area contributed by atoms with Gasteiger partial charge in [0, 0.05) is 35.7 Å². The molecule has 0 aromatic heterocycles. The molecule has 1 saturated heterocycles. The Morgan fingerprint density at radius 3 is 2.58 bits per heavy atom. The zero-order valence-electron chi connectivity index (χ0n) is 14.9. The minimum absolute atomic E-state index is 0.178. The molecular formula is C18H27BrN2O3. The Morgan fingerprint density at radius 2 is 2.00 bits per heavy atom. The molecule has 1 N–H and O–H groups in total. The van der Waals surface area contributed by atoms with E-state index in [4.69, 9.17) is 9.47 Å². The molecule has 1 aliphatic heterocycles. The van der Waals surface area contributed by atoms with Crippen LogP contribution in [0.25, 0.3) is 0 Å². The van der Waals surface area contributed by atoms with Crippen molar-refractivity contribution in [2.75, 3.05) is 20.2 Å². The normalized spacial score (nSPS) is 16.7. The third-order valence-corrected chi connectivity index (χ3v) is 4.73. The standard InChI is InChI=1S/C18H27BrN2O3/c1-18(2,3)24-17(22)20-13-8-10-21(11-9-13)12-14-15(19)6-5-7-16(14)23-4/h5-7,13H,8-12H2,1-4H3,(H,20,22). The lowest BCUT2D eigenvalue weighted by Crippen LogP contribution is -2.45. The summed E-state index contributed by atoms with van der Waals surface area (Å²) in [5, 5.41) is 2.97. The number of halogens is 1. The lowest BCUT2D eigenvalue weighted by molar-refractivity contribution is 0.0477. The number of amides is 1. The van der Waals surface area contributed by atoms with Crippen molar-refractivity contribution in [1.29, 1.82) is 0 Å². The van der Waals surface area contributed by atoms with Crippen LogP contribution in [0.15, 0.2) is 22.7 Å². The summed E-state index contributed by atoms with van der Waals surface area (Å²) in [6.45, 7) is 8.33. The topological polar surface area (TPSA) is 50.8 Å². The third-order valence-electron chi connectivity index (χ3n) is 3.99. The molecular weight excluding hydrogens is 372 g/mol. The van der Waals surface area contributed by atoms with Crippen molar-refractivity contribution >= 4 is 22.0 Å². The molecule has 2 rings (SSSR count). The van der Waals surface area contributed by atoms with Crippen molar-refractivity contribution in [2.24, 2.45) is 0 Å². The number of carbonyl (C=O) groups excluding carboxylic acids is 1. The smallest absolute Gasteiger partial charge is 0.407 e. The molecule has 0 spiro atoms. The van der Waals surface area contributed by atoms with Gasteiger partial charge in [-0.2, -0.15) is 0 Å².